The Morgan fingerprint density at radius 2 is 1.73 bits per heavy atom. The fourth-order valence-electron chi connectivity index (χ4n) is 3.14. The van der Waals surface area contributed by atoms with Crippen LogP contribution in [0.2, 0.25) is 0 Å². The lowest BCUT2D eigenvalue weighted by Gasteiger charge is -2.20. The summed E-state index contributed by atoms with van der Waals surface area (Å²) in [6, 6.07) is -1.64. The summed E-state index contributed by atoms with van der Waals surface area (Å²) < 4.78 is 5.17. The van der Waals surface area contributed by atoms with Gasteiger partial charge in [-0.05, 0) is 25.8 Å². The molecule has 0 aliphatic carbocycles. The van der Waals surface area contributed by atoms with Crippen LogP contribution in [0.5, 0.6) is 0 Å². The highest BCUT2D eigenvalue weighted by molar-refractivity contribution is 5.91. The number of aromatic amines is 1. The topological polar surface area (TPSA) is 229 Å². The van der Waals surface area contributed by atoms with Crippen molar-refractivity contribution in [1.82, 2.24) is 20.6 Å². The second-order valence-corrected chi connectivity index (χ2v) is 8.52. The maximum absolute atomic E-state index is 12.6. The van der Waals surface area contributed by atoms with E-state index in [0.29, 0.717) is 25.3 Å². The van der Waals surface area contributed by atoms with Crippen molar-refractivity contribution in [1.29, 1.82) is 0 Å². The number of H-pyrrole nitrogens is 1. The van der Waals surface area contributed by atoms with Crippen LogP contribution in [0, 0.1) is 0 Å². The molecule has 2 amide bonds. The number of hydrogen-bond acceptors (Lipinski definition) is 9. The Hall–Kier alpha value is -3.03. The molecule has 0 radical (unpaired) electrons. The number of carboxylic acid groups (broad SMARTS) is 1. The molecule has 1 rings (SSSR count). The zero-order valence-electron chi connectivity index (χ0n) is 21.9. The van der Waals surface area contributed by atoms with E-state index in [-0.39, 0.29) is 19.5 Å². The van der Waals surface area contributed by atoms with Crippen molar-refractivity contribution in [2.75, 3.05) is 26.2 Å². The standard InChI is InChI=1S/C22H40N6O4.C2H5NO2/c1-2-3-4-5-6-9-12-32-20(29)15-26-22(31)19(13-17-14-25-16-27-17)28-21(30)18(24)10-7-8-11-23;3-1-2(4)5/h14,16,18-19H,2-13,15,23-24H2,1H3,(H,25,27)(H,26,31)(H,28,30);1,3H2,(H,4,5)/t18-,19-;/m0./s1. The van der Waals surface area contributed by atoms with Crippen molar-refractivity contribution in [2.24, 2.45) is 17.2 Å². The van der Waals surface area contributed by atoms with Crippen LogP contribution < -0.4 is 27.8 Å². The number of esters is 1. The van der Waals surface area contributed by atoms with E-state index < -0.39 is 35.8 Å². The molecule has 2 atom stereocenters. The average molecular weight is 528 g/mol. The van der Waals surface area contributed by atoms with E-state index in [1.807, 2.05) is 0 Å². The predicted molar refractivity (Wildman–Crippen MR) is 139 cm³/mol. The van der Waals surface area contributed by atoms with Crippen LogP contribution in [0.25, 0.3) is 0 Å². The summed E-state index contributed by atoms with van der Waals surface area (Å²) in [5, 5.41) is 12.8. The number of aromatic nitrogens is 2. The van der Waals surface area contributed by atoms with Crippen molar-refractivity contribution >= 4 is 23.8 Å². The summed E-state index contributed by atoms with van der Waals surface area (Å²) in [6.45, 7) is 2.50. The van der Waals surface area contributed by atoms with E-state index >= 15 is 0 Å². The monoisotopic (exact) mass is 527 g/mol. The van der Waals surface area contributed by atoms with E-state index in [4.69, 9.17) is 21.3 Å². The highest BCUT2D eigenvalue weighted by Gasteiger charge is 2.25. The molecule has 0 aliphatic rings. The minimum absolute atomic E-state index is 0.170. The highest BCUT2D eigenvalue weighted by atomic mass is 16.5. The molecule has 1 heterocycles. The molecule has 0 aromatic carbocycles. The fourth-order valence-corrected chi connectivity index (χ4v) is 3.14. The number of carbonyl (C=O) groups excluding carboxylic acids is 3. The van der Waals surface area contributed by atoms with Crippen molar-refractivity contribution in [2.45, 2.75) is 83.2 Å². The van der Waals surface area contributed by atoms with E-state index in [1.54, 1.807) is 6.20 Å². The molecular formula is C24H45N7O6. The van der Waals surface area contributed by atoms with Crippen LogP contribution in [-0.2, 0) is 30.3 Å². The number of nitrogens with one attached hydrogen (secondary N) is 3. The Labute approximate surface area is 218 Å². The molecule has 0 bridgehead atoms. The van der Waals surface area contributed by atoms with Crippen molar-refractivity contribution in [3.8, 4) is 0 Å². The van der Waals surface area contributed by atoms with Gasteiger partial charge in [-0.15, -0.1) is 0 Å². The highest BCUT2D eigenvalue weighted by Crippen LogP contribution is 2.05. The van der Waals surface area contributed by atoms with Crippen LogP contribution in [0.3, 0.4) is 0 Å². The third-order valence-corrected chi connectivity index (χ3v) is 5.25. The lowest BCUT2D eigenvalue weighted by molar-refractivity contribution is -0.144. The van der Waals surface area contributed by atoms with E-state index in [0.717, 1.165) is 32.1 Å². The third kappa shape index (κ3) is 18.8. The molecule has 10 N–H and O–H groups in total. The first-order valence-corrected chi connectivity index (χ1v) is 12.8. The minimum Gasteiger partial charge on any atom is -0.480 e. The number of ether oxygens (including phenoxy) is 1. The minimum atomic E-state index is -0.968. The van der Waals surface area contributed by atoms with Gasteiger partial charge in [0.2, 0.25) is 11.8 Å². The molecule has 1 aromatic heterocycles. The molecule has 0 saturated carbocycles. The fraction of sp³-hybridized carbons (Fsp3) is 0.708. The molecule has 37 heavy (non-hydrogen) atoms. The lowest BCUT2D eigenvalue weighted by atomic mass is 10.1. The Morgan fingerprint density at radius 3 is 2.32 bits per heavy atom. The maximum Gasteiger partial charge on any atom is 0.325 e. The molecule has 212 valence electrons. The number of amides is 2. The number of nitrogens with two attached hydrogens (primary N) is 3. The number of carboxylic acids is 1. The van der Waals surface area contributed by atoms with Crippen LogP contribution in [0.1, 0.15) is 70.4 Å². The quantitative estimate of drug-likeness (QED) is 0.0936. The van der Waals surface area contributed by atoms with Gasteiger partial charge in [0.25, 0.3) is 0 Å². The lowest BCUT2D eigenvalue weighted by Crippen LogP contribution is -2.53. The van der Waals surface area contributed by atoms with Crippen molar-refractivity contribution in [3.63, 3.8) is 0 Å². The summed E-state index contributed by atoms with van der Waals surface area (Å²) in [7, 11) is 0. The number of nitrogens with zero attached hydrogens (tertiary/aromatic N) is 1. The van der Waals surface area contributed by atoms with Crippen LogP contribution in [-0.4, -0.2) is 77.2 Å². The van der Waals surface area contributed by atoms with Gasteiger partial charge in [0.15, 0.2) is 0 Å². The van der Waals surface area contributed by atoms with Gasteiger partial charge in [-0.25, -0.2) is 4.98 Å². The molecule has 0 fully saturated rings. The smallest absolute Gasteiger partial charge is 0.325 e. The Morgan fingerprint density at radius 1 is 1.05 bits per heavy atom. The molecule has 0 aliphatic heterocycles. The van der Waals surface area contributed by atoms with Crippen molar-refractivity contribution < 1.29 is 29.0 Å². The first-order chi connectivity index (χ1) is 17.7. The van der Waals surface area contributed by atoms with Gasteiger partial charge in [0.05, 0.1) is 31.2 Å². The second-order valence-electron chi connectivity index (χ2n) is 8.52. The van der Waals surface area contributed by atoms with Gasteiger partial charge in [0.1, 0.15) is 12.6 Å². The number of hydrogen-bond donors (Lipinski definition) is 7. The first-order valence-electron chi connectivity index (χ1n) is 12.8. The molecule has 1 aromatic rings. The Balaban J connectivity index is 0.00000235. The van der Waals surface area contributed by atoms with Crippen molar-refractivity contribution in [3.05, 3.63) is 18.2 Å². The average Bonchev–Trinajstić information content (AvgIpc) is 3.39. The van der Waals surface area contributed by atoms with Crippen LogP contribution in [0.4, 0.5) is 0 Å². The van der Waals surface area contributed by atoms with Crippen LogP contribution in [0.15, 0.2) is 12.5 Å². The summed E-state index contributed by atoms with van der Waals surface area (Å²) in [4.78, 5) is 53.1. The summed E-state index contributed by atoms with van der Waals surface area (Å²) in [5.41, 5.74) is 16.6. The van der Waals surface area contributed by atoms with Gasteiger partial charge >= 0.3 is 11.9 Å². The number of imidazole rings is 1. The van der Waals surface area contributed by atoms with Gasteiger partial charge in [0, 0.05) is 12.6 Å². The van der Waals surface area contributed by atoms with Gasteiger partial charge in [-0.2, -0.15) is 0 Å². The third-order valence-electron chi connectivity index (χ3n) is 5.25. The summed E-state index contributed by atoms with van der Waals surface area (Å²) in [5.74, 6) is -2.39. The normalized spacial score (nSPS) is 12.0. The number of aliphatic carboxylic acids is 1. The molecule has 13 heteroatoms. The largest absolute Gasteiger partial charge is 0.480 e. The predicted octanol–water partition coefficient (Wildman–Crippen LogP) is -0.0571. The Kier molecular flexibility index (Phi) is 20.4. The number of unbranched alkanes of at least 4 members (excludes halogenated alkanes) is 6. The maximum atomic E-state index is 12.6. The molecular weight excluding hydrogens is 482 g/mol. The second kappa shape index (κ2) is 22.2. The molecule has 0 unspecified atom stereocenters. The Bertz CT molecular complexity index is 761. The van der Waals surface area contributed by atoms with E-state index in [1.165, 1.54) is 25.6 Å². The summed E-state index contributed by atoms with van der Waals surface area (Å²) >= 11 is 0. The first kappa shape index (κ1) is 34.0. The van der Waals surface area contributed by atoms with Gasteiger partial charge in [-0.1, -0.05) is 45.4 Å². The number of rotatable bonds is 19. The zero-order chi connectivity index (χ0) is 27.9. The summed E-state index contributed by atoms with van der Waals surface area (Å²) in [6.07, 6.45) is 11.8. The van der Waals surface area contributed by atoms with Crippen LogP contribution >= 0.6 is 0 Å². The SMILES string of the molecule is CCCCCCCCOC(=O)CNC(=O)[C@H](Cc1c[nH]cn1)NC(=O)[C@@H](N)CCCCN.NCC(=O)O. The number of carbonyl (C=O) groups is 4. The van der Waals surface area contributed by atoms with Gasteiger partial charge in [-0.3, -0.25) is 19.2 Å². The van der Waals surface area contributed by atoms with E-state index in [9.17, 15) is 19.2 Å². The molecule has 0 saturated heterocycles. The van der Waals surface area contributed by atoms with Gasteiger partial charge < -0.3 is 42.7 Å². The molecule has 0 spiro atoms. The van der Waals surface area contributed by atoms with E-state index in [2.05, 4.69) is 33.3 Å². The zero-order valence-corrected chi connectivity index (χ0v) is 21.9. The molecule has 13 nitrogen and oxygen atoms in total.